The fourth-order valence-electron chi connectivity index (χ4n) is 2.49. The Morgan fingerprint density at radius 1 is 1.58 bits per heavy atom. The highest BCUT2D eigenvalue weighted by molar-refractivity contribution is 5.78. The average molecular weight is 272 g/mol. The van der Waals surface area contributed by atoms with E-state index in [4.69, 9.17) is 4.74 Å². The molecule has 0 aliphatic carbocycles. The number of carboxylic acids is 1. The number of hydrogen-bond acceptors (Lipinski definition) is 4. The number of ether oxygens (including phenoxy) is 1. The minimum Gasteiger partial charge on any atom is -0.480 e. The second-order valence-corrected chi connectivity index (χ2v) is 5.89. The molecule has 0 aromatic rings. The highest BCUT2D eigenvalue weighted by Crippen LogP contribution is 2.15. The van der Waals surface area contributed by atoms with Crippen molar-refractivity contribution in [1.82, 2.24) is 10.2 Å². The van der Waals surface area contributed by atoms with Gasteiger partial charge >= 0.3 is 5.97 Å². The standard InChI is InChI=1S/C14H28N2O3/c1-5-12-10-16(8-9-19-12)7-6-14(4,13(17)18)15-11(2)3/h11-12,15H,5-10H2,1-4H3,(H,17,18). The molecule has 0 bridgehead atoms. The zero-order chi connectivity index (χ0) is 14.5. The number of carboxylic acid groups (broad SMARTS) is 1. The fraction of sp³-hybridized carbons (Fsp3) is 0.929. The van der Waals surface area contributed by atoms with Crippen LogP contribution in [0.3, 0.4) is 0 Å². The maximum absolute atomic E-state index is 11.4. The first-order valence-electron chi connectivity index (χ1n) is 7.22. The Kier molecular flexibility index (Phi) is 6.23. The van der Waals surface area contributed by atoms with Crippen molar-refractivity contribution in [3.8, 4) is 0 Å². The monoisotopic (exact) mass is 272 g/mol. The normalized spacial score (nSPS) is 24.4. The van der Waals surface area contributed by atoms with Crippen LogP contribution in [0.5, 0.6) is 0 Å². The van der Waals surface area contributed by atoms with Crippen molar-refractivity contribution in [3.05, 3.63) is 0 Å². The number of rotatable bonds is 7. The molecule has 2 atom stereocenters. The molecular formula is C14H28N2O3. The van der Waals surface area contributed by atoms with Crippen LogP contribution >= 0.6 is 0 Å². The summed E-state index contributed by atoms with van der Waals surface area (Å²) in [4.78, 5) is 13.8. The smallest absolute Gasteiger partial charge is 0.323 e. The van der Waals surface area contributed by atoms with Crippen molar-refractivity contribution < 1.29 is 14.6 Å². The maximum Gasteiger partial charge on any atom is 0.323 e. The molecular weight excluding hydrogens is 244 g/mol. The molecule has 19 heavy (non-hydrogen) atoms. The topological polar surface area (TPSA) is 61.8 Å². The molecule has 1 fully saturated rings. The van der Waals surface area contributed by atoms with Crippen molar-refractivity contribution >= 4 is 5.97 Å². The minimum absolute atomic E-state index is 0.161. The summed E-state index contributed by atoms with van der Waals surface area (Å²) in [5.74, 6) is -0.776. The highest BCUT2D eigenvalue weighted by atomic mass is 16.5. The molecule has 112 valence electrons. The fourth-order valence-corrected chi connectivity index (χ4v) is 2.49. The van der Waals surface area contributed by atoms with E-state index in [-0.39, 0.29) is 6.04 Å². The van der Waals surface area contributed by atoms with Crippen molar-refractivity contribution in [2.75, 3.05) is 26.2 Å². The molecule has 1 aliphatic heterocycles. The summed E-state index contributed by atoms with van der Waals surface area (Å²) in [6, 6.07) is 0.161. The Hall–Kier alpha value is -0.650. The zero-order valence-corrected chi connectivity index (χ0v) is 12.6. The van der Waals surface area contributed by atoms with Gasteiger partial charge in [0.15, 0.2) is 0 Å². The van der Waals surface area contributed by atoms with Crippen LogP contribution in [0.2, 0.25) is 0 Å². The van der Waals surface area contributed by atoms with E-state index in [9.17, 15) is 9.90 Å². The lowest BCUT2D eigenvalue weighted by atomic mass is 9.96. The van der Waals surface area contributed by atoms with Gasteiger partial charge in [0.2, 0.25) is 0 Å². The Bertz CT molecular complexity index is 296. The molecule has 1 heterocycles. The van der Waals surface area contributed by atoms with E-state index in [0.717, 1.165) is 32.7 Å². The van der Waals surface area contributed by atoms with Gasteiger partial charge in [-0.2, -0.15) is 0 Å². The first-order valence-corrected chi connectivity index (χ1v) is 7.22. The highest BCUT2D eigenvalue weighted by Gasteiger charge is 2.34. The van der Waals surface area contributed by atoms with Crippen LogP contribution in [-0.2, 0) is 9.53 Å². The molecule has 1 aliphatic rings. The summed E-state index contributed by atoms with van der Waals surface area (Å²) in [6.45, 7) is 11.2. The third-order valence-electron chi connectivity index (χ3n) is 3.69. The Balaban J connectivity index is 2.49. The maximum atomic E-state index is 11.4. The summed E-state index contributed by atoms with van der Waals surface area (Å²) in [7, 11) is 0. The second-order valence-electron chi connectivity index (χ2n) is 5.89. The largest absolute Gasteiger partial charge is 0.480 e. The van der Waals surface area contributed by atoms with Crippen LogP contribution in [0.1, 0.15) is 40.5 Å². The summed E-state index contributed by atoms with van der Waals surface area (Å²) < 4.78 is 5.63. The number of nitrogens with one attached hydrogen (secondary N) is 1. The predicted molar refractivity (Wildman–Crippen MR) is 75.4 cm³/mol. The molecule has 0 radical (unpaired) electrons. The van der Waals surface area contributed by atoms with E-state index >= 15 is 0 Å². The van der Waals surface area contributed by atoms with Gasteiger partial charge in [0, 0.05) is 25.7 Å². The molecule has 5 heteroatoms. The Labute approximate surface area is 116 Å². The van der Waals surface area contributed by atoms with Crippen molar-refractivity contribution in [3.63, 3.8) is 0 Å². The SMILES string of the molecule is CCC1CN(CCC(C)(NC(C)C)C(=O)O)CCO1. The number of carbonyl (C=O) groups is 1. The van der Waals surface area contributed by atoms with E-state index in [0.29, 0.717) is 12.5 Å². The Morgan fingerprint density at radius 3 is 2.79 bits per heavy atom. The Morgan fingerprint density at radius 2 is 2.26 bits per heavy atom. The molecule has 2 N–H and O–H groups in total. The van der Waals surface area contributed by atoms with Crippen LogP contribution in [0.25, 0.3) is 0 Å². The number of hydrogen-bond donors (Lipinski definition) is 2. The quantitative estimate of drug-likeness (QED) is 0.732. The van der Waals surface area contributed by atoms with E-state index in [1.54, 1.807) is 6.92 Å². The van der Waals surface area contributed by atoms with Crippen LogP contribution in [0, 0.1) is 0 Å². The van der Waals surface area contributed by atoms with Gasteiger partial charge in [-0.3, -0.25) is 15.0 Å². The van der Waals surface area contributed by atoms with Gasteiger partial charge in [-0.25, -0.2) is 0 Å². The first kappa shape index (κ1) is 16.4. The number of nitrogens with zero attached hydrogens (tertiary/aromatic N) is 1. The molecule has 2 unspecified atom stereocenters. The molecule has 0 spiro atoms. The summed E-state index contributed by atoms with van der Waals surface area (Å²) in [5.41, 5.74) is -0.853. The van der Waals surface area contributed by atoms with E-state index in [2.05, 4.69) is 17.1 Å². The van der Waals surface area contributed by atoms with Crippen molar-refractivity contribution in [2.24, 2.45) is 0 Å². The third-order valence-corrected chi connectivity index (χ3v) is 3.69. The van der Waals surface area contributed by atoms with E-state index in [1.165, 1.54) is 0 Å². The van der Waals surface area contributed by atoms with Crippen LogP contribution in [0.4, 0.5) is 0 Å². The van der Waals surface area contributed by atoms with Crippen molar-refractivity contribution in [2.45, 2.75) is 58.2 Å². The van der Waals surface area contributed by atoms with Gasteiger partial charge in [-0.05, 0) is 33.6 Å². The lowest BCUT2D eigenvalue weighted by molar-refractivity contribution is -0.145. The molecule has 0 amide bonds. The van der Waals surface area contributed by atoms with Gasteiger partial charge in [0.25, 0.3) is 0 Å². The summed E-state index contributed by atoms with van der Waals surface area (Å²) >= 11 is 0. The molecule has 1 saturated heterocycles. The molecule has 0 saturated carbocycles. The molecule has 0 aromatic heterocycles. The summed E-state index contributed by atoms with van der Waals surface area (Å²) in [5, 5.41) is 12.6. The second kappa shape index (κ2) is 7.22. The molecule has 1 rings (SSSR count). The van der Waals surface area contributed by atoms with Crippen LogP contribution < -0.4 is 5.32 Å². The van der Waals surface area contributed by atoms with Gasteiger partial charge < -0.3 is 9.84 Å². The lowest BCUT2D eigenvalue weighted by Gasteiger charge is -2.35. The summed E-state index contributed by atoms with van der Waals surface area (Å²) in [6.07, 6.45) is 1.91. The van der Waals surface area contributed by atoms with Gasteiger partial charge in [-0.1, -0.05) is 6.92 Å². The molecule has 0 aromatic carbocycles. The van der Waals surface area contributed by atoms with Gasteiger partial charge in [0.05, 0.1) is 12.7 Å². The van der Waals surface area contributed by atoms with Crippen LogP contribution in [0.15, 0.2) is 0 Å². The van der Waals surface area contributed by atoms with E-state index in [1.807, 2.05) is 13.8 Å². The zero-order valence-electron chi connectivity index (χ0n) is 12.6. The van der Waals surface area contributed by atoms with E-state index < -0.39 is 11.5 Å². The first-order chi connectivity index (χ1) is 8.87. The van der Waals surface area contributed by atoms with Gasteiger partial charge in [0.1, 0.15) is 5.54 Å². The lowest BCUT2D eigenvalue weighted by Crippen LogP contribution is -2.54. The van der Waals surface area contributed by atoms with Crippen LogP contribution in [-0.4, -0.2) is 59.9 Å². The molecule has 5 nitrogen and oxygen atoms in total. The minimum atomic E-state index is -0.853. The number of morpholine rings is 1. The van der Waals surface area contributed by atoms with Gasteiger partial charge in [-0.15, -0.1) is 0 Å². The van der Waals surface area contributed by atoms with Crippen molar-refractivity contribution in [1.29, 1.82) is 0 Å². The number of aliphatic carboxylic acids is 1. The predicted octanol–water partition coefficient (Wildman–Crippen LogP) is 1.33. The third kappa shape index (κ3) is 5.09. The average Bonchev–Trinajstić information content (AvgIpc) is 2.35.